The third-order valence-corrected chi connectivity index (χ3v) is 10.8. The first-order valence-corrected chi connectivity index (χ1v) is 16.5. The Bertz CT molecular complexity index is 1350. The lowest BCUT2D eigenvalue weighted by Gasteiger charge is -2.46. The van der Waals surface area contributed by atoms with Crippen LogP contribution in [0.15, 0.2) is 54.1 Å². The van der Waals surface area contributed by atoms with Crippen LogP contribution in [0.1, 0.15) is 123 Å². The van der Waals surface area contributed by atoms with Gasteiger partial charge in [0.25, 0.3) is 0 Å². The molecular formula is C37H48F3NO3. The zero-order valence-corrected chi connectivity index (χ0v) is 26.3. The van der Waals surface area contributed by atoms with E-state index in [2.05, 4.69) is 24.8 Å². The normalized spacial score (nSPS) is 29.3. The van der Waals surface area contributed by atoms with E-state index in [0.29, 0.717) is 37.8 Å². The van der Waals surface area contributed by atoms with Crippen molar-refractivity contribution >= 4 is 5.78 Å². The fourth-order valence-electron chi connectivity index (χ4n) is 8.03. The molecule has 0 aromatic heterocycles. The summed E-state index contributed by atoms with van der Waals surface area (Å²) in [5.74, 6) is -0.602. The molecule has 0 amide bonds. The van der Waals surface area contributed by atoms with Gasteiger partial charge in [0.15, 0.2) is 5.78 Å². The van der Waals surface area contributed by atoms with Crippen LogP contribution in [0.4, 0.5) is 13.2 Å². The fourth-order valence-corrected chi connectivity index (χ4v) is 8.03. The Morgan fingerprint density at radius 3 is 2.45 bits per heavy atom. The maximum absolute atomic E-state index is 14.1. The number of rotatable bonds is 4. The molecule has 2 fully saturated rings. The standard InChI is InChI=1S/C37H48F3NO3/c1-26-10-9-18-35(2)33(17-19-36(35,44)25-41-20-6-4-3-5-7-21-41)31-16-14-27(22-30(42)15-13-26)23-32(31)34(43)28-11-8-12-29(24-28)37(38,39)40/h8,10-12,14,16,23-24,30,33,42,44H,3-7,9,13,15,17-22,25H2,1-2H3. The second-order valence-corrected chi connectivity index (χ2v) is 13.9. The molecule has 1 heterocycles. The lowest BCUT2D eigenvalue weighted by atomic mass is 9.64. The molecule has 1 aliphatic heterocycles. The van der Waals surface area contributed by atoms with E-state index < -0.39 is 34.6 Å². The fraction of sp³-hybridized carbons (Fsp3) is 0.595. The molecule has 2 aromatic carbocycles. The van der Waals surface area contributed by atoms with Crippen LogP contribution in [0.25, 0.3) is 0 Å². The lowest BCUT2D eigenvalue weighted by Crippen LogP contribution is -2.53. The van der Waals surface area contributed by atoms with Crippen LogP contribution in [0.3, 0.4) is 0 Å². The Morgan fingerprint density at radius 2 is 1.73 bits per heavy atom. The van der Waals surface area contributed by atoms with Crippen LogP contribution in [0, 0.1) is 5.41 Å². The molecule has 0 radical (unpaired) electrons. The van der Waals surface area contributed by atoms with Crippen molar-refractivity contribution < 1.29 is 28.2 Å². The number of hydrogen-bond donors (Lipinski definition) is 2. The van der Waals surface area contributed by atoms with E-state index in [1.165, 1.54) is 37.0 Å². The number of carbonyl (C=O) groups is 1. The number of halogens is 3. The van der Waals surface area contributed by atoms with Crippen molar-refractivity contribution in [2.24, 2.45) is 5.41 Å². The molecule has 4 nitrogen and oxygen atoms in total. The van der Waals surface area contributed by atoms with Gasteiger partial charge in [-0.3, -0.25) is 4.79 Å². The van der Waals surface area contributed by atoms with Gasteiger partial charge in [-0.15, -0.1) is 0 Å². The van der Waals surface area contributed by atoms with Gasteiger partial charge >= 0.3 is 6.18 Å². The molecule has 7 heteroatoms. The minimum Gasteiger partial charge on any atom is -0.393 e. The molecule has 4 atom stereocenters. The average Bonchev–Trinajstić information content (AvgIpc) is 3.21. The summed E-state index contributed by atoms with van der Waals surface area (Å²) in [5.41, 5.74) is 0.787. The second kappa shape index (κ2) is 13.5. The highest BCUT2D eigenvalue weighted by Gasteiger charge is 2.57. The van der Waals surface area contributed by atoms with E-state index in [-0.39, 0.29) is 11.5 Å². The summed E-state index contributed by atoms with van der Waals surface area (Å²) < 4.78 is 40.8. The van der Waals surface area contributed by atoms with Gasteiger partial charge in [0.1, 0.15) is 0 Å². The highest BCUT2D eigenvalue weighted by Crippen LogP contribution is 2.59. The summed E-state index contributed by atoms with van der Waals surface area (Å²) in [4.78, 5) is 16.6. The van der Waals surface area contributed by atoms with Gasteiger partial charge in [0, 0.05) is 23.1 Å². The smallest absolute Gasteiger partial charge is 0.393 e. The molecule has 2 bridgehead atoms. The van der Waals surface area contributed by atoms with Gasteiger partial charge < -0.3 is 15.1 Å². The first-order chi connectivity index (χ1) is 20.9. The number of nitrogens with zero attached hydrogens (tertiary/aromatic N) is 1. The quantitative estimate of drug-likeness (QED) is 0.270. The Balaban J connectivity index is 1.59. The number of ketones is 1. The summed E-state index contributed by atoms with van der Waals surface area (Å²) in [7, 11) is 0. The van der Waals surface area contributed by atoms with E-state index >= 15 is 0 Å². The number of β-amino-alcohol motifs (C(OH)–C–C–N with tert-alkyl or cyclic N) is 1. The second-order valence-electron chi connectivity index (χ2n) is 13.9. The maximum Gasteiger partial charge on any atom is 0.416 e. The lowest BCUT2D eigenvalue weighted by molar-refractivity contribution is -0.137. The number of aliphatic hydroxyl groups is 2. The summed E-state index contributed by atoms with van der Waals surface area (Å²) in [6, 6.07) is 10.3. The molecule has 240 valence electrons. The number of alkyl halides is 3. The van der Waals surface area contributed by atoms with Crippen molar-refractivity contribution in [1.29, 1.82) is 0 Å². The third kappa shape index (κ3) is 7.16. The summed E-state index contributed by atoms with van der Waals surface area (Å²) in [6.45, 7) is 6.79. The summed E-state index contributed by atoms with van der Waals surface area (Å²) in [5, 5.41) is 23.4. The van der Waals surface area contributed by atoms with Crippen molar-refractivity contribution in [2.75, 3.05) is 19.6 Å². The minimum absolute atomic E-state index is 0.00552. The Kier molecular flexibility index (Phi) is 10.1. The molecule has 1 saturated carbocycles. The molecule has 3 aliphatic carbocycles. The van der Waals surface area contributed by atoms with Gasteiger partial charge in [-0.25, -0.2) is 0 Å². The molecule has 6 rings (SSSR count). The molecular weight excluding hydrogens is 563 g/mol. The number of fused-ring (bicyclic) bond motifs is 8. The molecule has 4 unspecified atom stereocenters. The van der Waals surface area contributed by atoms with E-state index in [1.54, 1.807) is 6.07 Å². The Hall–Kier alpha value is -2.48. The number of aliphatic hydroxyl groups excluding tert-OH is 1. The molecule has 0 spiro atoms. The van der Waals surface area contributed by atoms with E-state index in [0.717, 1.165) is 68.5 Å². The Morgan fingerprint density at radius 1 is 1.00 bits per heavy atom. The predicted octanol–water partition coefficient (Wildman–Crippen LogP) is 8.24. The van der Waals surface area contributed by atoms with Crippen molar-refractivity contribution in [3.05, 3.63) is 81.9 Å². The minimum atomic E-state index is -4.56. The zero-order chi connectivity index (χ0) is 31.5. The third-order valence-electron chi connectivity index (χ3n) is 10.8. The SMILES string of the molecule is CC1=CCCC2(C)C(CCC2(O)CN2CCCCCCC2)c2ccc(cc2C(=O)c2cccc(C(F)(F)F)c2)CC(O)CC1. The largest absolute Gasteiger partial charge is 0.416 e. The zero-order valence-electron chi connectivity index (χ0n) is 26.3. The molecule has 4 aliphatic rings. The predicted molar refractivity (Wildman–Crippen MR) is 168 cm³/mol. The molecule has 2 aromatic rings. The van der Waals surface area contributed by atoms with Crippen molar-refractivity contribution in [1.82, 2.24) is 4.90 Å². The van der Waals surface area contributed by atoms with Crippen molar-refractivity contribution in [2.45, 2.75) is 115 Å². The van der Waals surface area contributed by atoms with E-state index in [9.17, 15) is 28.2 Å². The van der Waals surface area contributed by atoms with Gasteiger partial charge in [-0.05, 0) is 113 Å². The monoisotopic (exact) mass is 611 g/mol. The van der Waals surface area contributed by atoms with E-state index in [1.807, 2.05) is 12.1 Å². The maximum atomic E-state index is 14.1. The van der Waals surface area contributed by atoms with Crippen LogP contribution in [0.2, 0.25) is 0 Å². The van der Waals surface area contributed by atoms with Gasteiger partial charge in [0.2, 0.25) is 0 Å². The number of likely N-dealkylation sites (tertiary alicyclic amines) is 1. The van der Waals surface area contributed by atoms with Crippen LogP contribution >= 0.6 is 0 Å². The van der Waals surface area contributed by atoms with Crippen molar-refractivity contribution in [3.63, 3.8) is 0 Å². The van der Waals surface area contributed by atoms with Crippen LogP contribution in [-0.4, -0.2) is 52.2 Å². The summed E-state index contributed by atoms with van der Waals surface area (Å²) in [6.07, 6.45) is 7.49. The highest BCUT2D eigenvalue weighted by molar-refractivity contribution is 6.10. The van der Waals surface area contributed by atoms with Gasteiger partial charge in [0.05, 0.1) is 17.3 Å². The number of allylic oxidation sites excluding steroid dienone is 2. The summed E-state index contributed by atoms with van der Waals surface area (Å²) >= 11 is 0. The van der Waals surface area contributed by atoms with Crippen LogP contribution < -0.4 is 0 Å². The van der Waals surface area contributed by atoms with Crippen molar-refractivity contribution in [3.8, 4) is 0 Å². The molecule has 2 N–H and O–H groups in total. The molecule has 44 heavy (non-hydrogen) atoms. The first-order valence-electron chi connectivity index (χ1n) is 16.5. The molecule has 1 saturated heterocycles. The highest BCUT2D eigenvalue weighted by atomic mass is 19.4. The first kappa shape index (κ1) is 32.9. The van der Waals surface area contributed by atoms with Crippen LogP contribution in [-0.2, 0) is 12.6 Å². The number of carbonyl (C=O) groups excluding carboxylic acids is 1. The van der Waals surface area contributed by atoms with E-state index in [4.69, 9.17) is 0 Å². The van der Waals surface area contributed by atoms with Gasteiger partial charge in [-0.2, -0.15) is 13.2 Å². The van der Waals surface area contributed by atoms with Crippen LogP contribution in [0.5, 0.6) is 0 Å². The van der Waals surface area contributed by atoms with Gasteiger partial charge in [-0.1, -0.05) is 62.1 Å². The average molecular weight is 612 g/mol. The topological polar surface area (TPSA) is 60.8 Å². The number of benzene rings is 2. The number of hydrogen-bond acceptors (Lipinski definition) is 4. The Labute approximate surface area is 260 Å².